The van der Waals surface area contributed by atoms with E-state index in [9.17, 15) is 0 Å². The van der Waals surface area contributed by atoms with Crippen molar-refractivity contribution in [1.29, 1.82) is 0 Å². The van der Waals surface area contributed by atoms with Gasteiger partial charge >= 0.3 is 0 Å². The highest BCUT2D eigenvalue weighted by Gasteiger charge is 2.03. The molecule has 100 valence electrons. The molecule has 0 atom stereocenters. The fourth-order valence-electron chi connectivity index (χ4n) is 1.61. The standard InChI is InChI=1S/C14H29N3/c1-5-8-9-10-11-13-17(4)14(15-7-3)16-12-6-2/h5H,1,6-13H2,2-4H3,(H,15,16). The molecule has 0 bridgehead atoms. The summed E-state index contributed by atoms with van der Waals surface area (Å²) in [6.07, 6.45) is 7.97. The van der Waals surface area contributed by atoms with Gasteiger partial charge in [0.05, 0.1) is 0 Å². The third-order valence-corrected chi connectivity index (χ3v) is 2.58. The molecule has 1 N–H and O–H groups in total. The van der Waals surface area contributed by atoms with Gasteiger partial charge in [-0.05, 0) is 32.6 Å². The average molecular weight is 239 g/mol. The molecule has 0 saturated carbocycles. The summed E-state index contributed by atoms with van der Waals surface area (Å²) in [5.74, 6) is 1.04. The largest absolute Gasteiger partial charge is 0.357 e. The van der Waals surface area contributed by atoms with Crippen LogP contribution in [-0.4, -0.2) is 37.5 Å². The second-order valence-corrected chi connectivity index (χ2v) is 4.30. The van der Waals surface area contributed by atoms with Crippen LogP contribution in [0.3, 0.4) is 0 Å². The molecule has 0 amide bonds. The zero-order chi connectivity index (χ0) is 12.9. The first-order valence-corrected chi connectivity index (χ1v) is 6.86. The fraction of sp³-hybridized carbons (Fsp3) is 0.786. The lowest BCUT2D eigenvalue weighted by molar-refractivity contribution is 0.455. The Balaban J connectivity index is 3.87. The Morgan fingerprint density at radius 1 is 1.29 bits per heavy atom. The zero-order valence-corrected chi connectivity index (χ0v) is 11.8. The monoisotopic (exact) mass is 239 g/mol. The molecule has 0 rings (SSSR count). The molecular formula is C14H29N3. The summed E-state index contributed by atoms with van der Waals surface area (Å²) in [6, 6.07) is 0. The SMILES string of the molecule is C=CCCCCCN(C)C(=NCCC)NCC. The van der Waals surface area contributed by atoms with E-state index in [1.165, 1.54) is 19.3 Å². The van der Waals surface area contributed by atoms with E-state index < -0.39 is 0 Å². The Morgan fingerprint density at radius 3 is 2.65 bits per heavy atom. The topological polar surface area (TPSA) is 27.6 Å². The van der Waals surface area contributed by atoms with Crippen LogP contribution in [0.25, 0.3) is 0 Å². The van der Waals surface area contributed by atoms with Gasteiger partial charge in [-0.2, -0.15) is 0 Å². The van der Waals surface area contributed by atoms with Crippen molar-refractivity contribution in [2.24, 2.45) is 4.99 Å². The molecular weight excluding hydrogens is 210 g/mol. The molecule has 0 heterocycles. The van der Waals surface area contributed by atoms with Crippen LogP contribution in [0.1, 0.15) is 46.0 Å². The highest BCUT2D eigenvalue weighted by atomic mass is 15.3. The van der Waals surface area contributed by atoms with Gasteiger partial charge in [0.25, 0.3) is 0 Å². The molecule has 17 heavy (non-hydrogen) atoms. The number of nitrogens with one attached hydrogen (secondary N) is 1. The van der Waals surface area contributed by atoms with Crippen LogP contribution in [0.15, 0.2) is 17.6 Å². The number of allylic oxidation sites excluding steroid dienone is 1. The summed E-state index contributed by atoms with van der Waals surface area (Å²) in [6.45, 7) is 10.9. The van der Waals surface area contributed by atoms with Gasteiger partial charge in [0, 0.05) is 26.7 Å². The molecule has 0 fully saturated rings. The van der Waals surface area contributed by atoms with Crippen molar-refractivity contribution in [2.45, 2.75) is 46.0 Å². The first-order chi connectivity index (χ1) is 8.26. The van der Waals surface area contributed by atoms with E-state index in [0.29, 0.717) is 0 Å². The number of hydrogen-bond acceptors (Lipinski definition) is 1. The number of rotatable bonds is 9. The Morgan fingerprint density at radius 2 is 2.06 bits per heavy atom. The third-order valence-electron chi connectivity index (χ3n) is 2.58. The molecule has 0 aromatic heterocycles. The first-order valence-electron chi connectivity index (χ1n) is 6.86. The van der Waals surface area contributed by atoms with Crippen LogP contribution in [-0.2, 0) is 0 Å². The number of aliphatic imine (C=N–C) groups is 1. The van der Waals surface area contributed by atoms with Crippen LogP contribution < -0.4 is 5.32 Å². The first kappa shape index (κ1) is 16.0. The minimum Gasteiger partial charge on any atom is -0.357 e. The molecule has 0 aliphatic carbocycles. The van der Waals surface area contributed by atoms with Crippen molar-refractivity contribution in [1.82, 2.24) is 10.2 Å². The Bertz CT molecular complexity index is 212. The number of hydrogen-bond donors (Lipinski definition) is 1. The quantitative estimate of drug-likeness (QED) is 0.290. The van der Waals surface area contributed by atoms with Gasteiger partial charge in [-0.3, -0.25) is 4.99 Å². The van der Waals surface area contributed by atoms with Gasteiger partial charge < -0.3 is 10.2 Å². The summed E-state index contributed by atoms with van der Waals surface area (Å²) in [7, 11) is 2.12. The highest BCUT2D eigenvalue weighted by molar-refractivity contribution is 5.79. The van der Waals surface area contributed by atoms with Crippen LogP contribution in [0.5, 0.6) is 0 Å². The zero-order valence-electron chi connectivity index (χ0n) is 11.8. The third kappa shape index (κ3) is 8.78. The van der Waals surface area contributed by atoms with E-state index in [4.69, 9.17) is 0 Å². The van der Waals surface area contributed by atoms with Crippen molar-refractivity contribution in [2.75, 3.05) is 26.7 Å². The lowest BCUT2D eigenvalue weighted by Crippen LogP contribution is -2.39. The molecule has 0 aliphatic rings. The summed E-state index contributed by atoms with van der Waals surface area (Å²) < 4.78 is 0. The maximum absolute atomic E-state index is 4.56. The van der Waals surface area contributed by atoms with Crippen molar-refractivity contribution in [3.8, 4) is 0 Å². The lowest BCUT2D eigenvalue weighted by Gasteiger charge is -2.21. The Kier molecular flexibility index (Phi) is 10.8. The molecule has 0 aromatic carbocycles. The molecule has 0 aromatic rings. The van der Waals surface area contributed by atoms with Crippen molar-refractivity contribution in [3.63, 3.8) is 0 Å². The fourth-order valence-corrected chi connectivity index (χ4v) is 1.61. The summed E-state index contributed by atoms with van der Waals surface area (Å²) in [5, 5.41) is 3.33. The molecule has 0 spiro atoms. The Hall–Kier alpha value is -0.990. The average Bonchev–Trinajstić information content (AvgIpc) is 2.34. The minimum atomic E-state index is 0.906. The summed E-state index contributed by atoms with van der Waals surface area (Å²) in [4.78, 5) is 6.79. The van der Waals surface area contributed by atoms with Crippen LogP contribution in [0.4, 0.5) is 0 Å². The van der Waals surface area contributed by atoms with Crippen LogP contribution >= 0.6 is 0 Å². The minimum absolute atomic E-state index is 0.906. The molecule has 0 radical (unpaired) electrons. The van der Waals surface area contributed by atoms with E-state index in [-0.39, 0.29) is 0 Å². The Labute approximate surface area is 107 Å². The van der Waals surface area contributed by atoms with E-state index in [1.54, 1.807) is 0 Å². The maximum Gasteiger partial charge on any atom is 0.193 e. The second-order valence-electron chi connectivity index (χ2n) is 4.30. The second kappa shape index (κ2) is 11.5. The normalized spacial score (nSPS) is 11.4. The molecule has 3 nitrogen and oxygen atoms in total. The number of unbranched alkanes of at least 4 members (excludes halogenated alkanes) is 3. The molecule has 3 heteroatoms. The summed E-state index contributed by atoms with van der Waals surface area (Å²) >= 11 is 0. The smallest absolute Gasteiger partial charge is 0.193 e. The van der Waals surface area contributed by atoms with E-state index in [1.807, 2.05) is 6.08 Å². The van der Waals surface area contributed by atoms with Crippen LogP contribution in [0, 0.1) is 0 Å². The molecule has 0 unspecified atom stereocenters. The summed E-state index contributed by atoms with van der Waals surface area (Å²) in [5.41, 5.74) is 0. The van der Waals surface area contributed by atoms with Gasteiger partial charge in [0.2, 0.25) is 0 Å². The lowest BCUT2D eigenvalue weighted by atomic mass is 10.2. The molecule has 0 aliphatic heterocycles. The highest BCUT2D eigenvalue weighted by Crippen LogP contribution is 2.01. The van der Waals surface area contributed by atoms with Gasteiger partial charge in [-0.25, -0.2) is 0 Å². The van der Waals surface area contributed by atoms with E-state index in [2.05, 4.69) is 42.7 Å². The predicted octanol–water partition coefficient (Wildman–Crippen LogP) is 3.04. The van der Waals surface area contributed by atoms with Gasteiger partial charge in [-0.15, -0.1) is 6.58 Å². The predicted molar refractivity (Wildman–Crippen MR) is 77.6 cm³/mol. The van der Waals surface area contributed by atoms with Crippen molar-refractivity contribution in [3.05, 3.63) is 12.7 Å². The number of guanidine groups is 1. The maximum atomic E-state index is 4.56. The molecule has 0 saturated heterocycles. The van der Waals surface area contributed by atoms with E-state index >= 15 is 0 Å². The number of nitrogens with zero attached hydrogens (tertiary/aromatic N) is 2. The van der Waals surface area contributed by atoms with Gasteiger partial charge in [-0.1, -0.05) is 19.4 Å². The van der Waals surface area contributed by atoms with Crippen molar-refractivity contribution >= 4 is 5.96 Å². The van der Waals surface area contributed by atoms with E-state index in [0.717, 1.165) is 38.4 Å². The van der Waals surface area contributed by atoms with Gasteiger partial charge in [0.15, 0.2) is 5.96 Å². The van der Waals surface area contributed by atoms with Crippen LogP contribution in [0.2, 0.25) is 0 Å². The van der Waals surface area contributed by atoms with Crippen molar-refractivity contribution < 1.29 is 0 Å². The van der Waals surface area contributed by atoms with Gasteiger partial charge in [0.1, 0.15) is 0 Å².